The van der Waals surface area contributed by atoms with Crippen molar-refractivity contribution in [1.29, 1.82) is 0 Å². The molecule has 25 heavy (non-hydrogen) atoms. The maximum Gasteiger partial charge on any atom is 0.407 e. The second-order valence-corrected chi connectivity index (χ2v) is 5.05. The van der Waals surface area contributed by atoms with Crippen LogP contribution in [0, 0.1) is 0 Å². The Morgan fingerprint density at radius 3 is 2.00 bits per heavy atom. The zero-order chi connectivity index (χ0) is 18.8. The van der Waals surface area contributed by atoms with E-state index in [-0.39, 0.29) is 0 Å². The molecule has 3 nitrogen and oxygen atoms in total. The normalized spacial score (nSPS) is 7.80. The van der Waals surface area contributed by atoms with Crippen molar-refractivity contribution in [3.05, 3.63) is 93.6 Å². The van der Waals surface area contributed by atoms with Gasteiger partial charge in [-0.15, -0.1) is 0 Å². The van der Waals surface area contributed by atoms with E-state index in [0.29, 0.717) is 6.54 Å². The number of amides is 1. The standard InChI is InChI=1S/C22H17NO2/c1-5-6-7-8-9-10-11-12-13-14-15-16-17-18-19-20-23-21(24)25-22(2,3)4/h17-19H,1,20H2,2-4H3,(H,23,24)/b19-18-. The second-order valence-electron chi connectivity index (χ2n) is 5.05. The molecule has 0 heterocycles. The molecule has 0 aromatic rings. The maximum atomic E-state index is 11.3. The van der Waals surface area contributed by atoms with Gasteiger partial charge >= 0.3 is 6.09 Å². The monoisotopic (exact) mass is 327 g/mol. The summed E-state index contributed by atoms with van der Waals surface area (Å²) < 4.78 is 5.08. The van der Waals surface area contributed by atoms with Crippen LogP contribution in [0.1, 0.15) is 20.8 Å². The highest BCUT2D eigenvalue weighted by Gasteiger charge is 2.14. The van der Waals surface area contributed by atoms with Gasteiger partial charge in [0.25, 0.3) is 0 Å². The van der Waals surface area contributed by atoms with Gasteiger partial charge in [-0.1, -0.05) is 23.6 Å². The van der Waals surface area contributed by atoms with Crippen LogP contribution in [0.4, 0.5) is 4.79 Å². The Morgan fingerprint density at radius 1 is 0.960 bits per heavy atom. The van der Waals surface area contributed by atoms with Gasteiger partial charge in [-0.2, -0.15) is 0 Å². The minimum atomic E-state index is -0.507. The van der Waals surface area contributed by atoms with Crippen molar-refractivity contribution in [2.75, 3.05) is 6.54 Å². The van der Waals surface area contributed by atoms with Crippen LogP contribution in [0.2, 0.25) is 0 Å². The van der Waals surface area contributed by atoms with Gasteiger partial charge in [0.05, 0.1) is 0 Å². The predicted molar refractivity (Wildman–Crippen MR) is 95.7 cm³/mol. The average Bonchev–Trinajstić information content (AvgIpc) is 2.53. The van der Waals surface area contributed by atoms with Crippen LogP contribution in [0.5, 0.6) is 0 Å². The molecule has 1 amide bonds. The number of allylic oxidation sites excluding steroid dienone is 2. The molecule has 0 fully saturated rings. The molecule has 0 saturated heterocycles. The van der Waals surface area contributed by atoms with Gasteiger partial charge in [0.2, 0.25) is 0 Å². The number of rotatable bonds is 3. The van der Waals surface area contributed by atoms with Crippen LogP contribution in [-0.2, 0) is 4.74 Å². The molecule has 0 spiro atoms. The van der Waals surface area contributed by atoms with E-state index in [9.17, 15) is 4.79 Å². The number of ether oxygens (including phenoxy) is 1. The van der Waals surface area contributed by atoms with Crippen molar-refractivity contribution in [1.82, 2.24) is 5.32 Å². The third-order valence-corrected chi connectivity index (χ3v) is 1.80. The largest absolute Gasteiger partial charge is 0.444 e. The molecule has 0 aromatic heterocycles. The van der Waals surface area contributed by atoms with E-state index < -0.39 is 11.7 Å². The first-order valence-corrected chi connectivity index (χ1v) is 7.18. The van der Waals surface area contributed by atoms with Gasteiger partial charge < -0.3 is 10.1 Å². The summed E-state index contributed by atoms with van der Waals surface area (Å²) in [6.45, 7) is 9.07. The molecular formula is C22H17NO2. The van der Waals surface area contributed by atoms with E-state index in [4.69, 9.17) is 4.74 Å². The molecule has 0 atom stereocenters. The summed E-state index contributed by atoms with van der Waals surface area (Å²) in [5.41, 5.74) is 29.7. The lowest BCUT2D eigenvalue weighted by atomic mass is 10.2. The molecule has 0 aliphatic carbocycles. The Bertz CT molecular complexity index is 959. The fraction of sp³-hybridized carbons (Fsp3) is 0.227. The lowest BCUT2D eigenvalue weighted by Crippen LogP contribution is -2.32. The number of nitrogens with one attached hydrogen (secondary N) is 1. The third kappa shape index (κ3) is 18.1. The number of hydrogen-bond acceptors (Lipinski definition) is 2. The van der Waals surface area contributed by atoms with Gasteiger partial charge in [0, 0.05) is 6.54 Å². The van der Waals surface area contributed by atoms with Crippen molar-refractivity contribution in [3.8, 4) is 0 Å². The number of alkyl carbamates (subject to hydrolysis) is 1. The van der Waals surface area contributed by atoms with Crippen molar-refractivity contribution < 1.29 is 9.53 Å². The van der Waals surface area contributed by atoms with E-state index in [0.717, 1.165) is 0 Å². The quantitative estimate of drug-likeness (QED) is 0.626. The number of carbonyl (C=O) groups excluding carboxylic acids is 1. The van der Waals surface area contributed by atoms with E-state index in [1.807, 2.05) is 0 Å². The van der Waals surface area contributed by atoms with Crippen LogP contribution in [0.3, 0.4) is 0 Å². The first-order valence-electron chi connectivity index (χ1n) is 7.18. The average molecular weight is 327 g/mol. The molecular weight excluding hydrogens is 310 g/mol. The van der Waals surface area contributed by atoms with Crippen LogP contribution in [0.25, 0.3) is 0 Å². The maximum absolute atomic E-state index is 11.3. The number of carbonyl (C=O) groups is 1. The van der Waals surface area contributed by atoms with Gasteiger partial charge in [-0.3, -0.25) is 0 Å². The van der Waals surface area contributed by atoms with Crippen LogP contribution >= 0.6 is 0 Å². The zero-order valence-electron chi connectivity index (χ0n) is 14.5. The fourth-order valence-corrected chi connectivity index (χ4v) is 1.01. The Kier molecular flexibility index (Phi) is 11.6. The summed E-state index contributed by atoms with van der Waals surface area (Å²) in [6, 6.07) is 0. The molecule has 0 aliphatic heterocycles. The molecule has 0 bridgehead atoms. The summed E-state index contributed by atoms with van der Waals surface area (Å²) in [6.07, 6.45) is 4.59. The number of hydrogen-bond donors (Lipinski definition) is 1. The zero-order valence-corrected chi connectivity index (χ0v) is 14.5. The topological polar surface area (TPSA) is 38.3 Å². The van der Waals surface area contributed by atoms with Gasteiger partial charge in [0.1, 0.15) is 5.60 Å². The molecule has 0 radical (unpaired) electrons. The molecule has 0 unspecified atom stereocenters. The van der Waals surface area contributed by atoms with Crippen molar-refractivity contribution in [3.63, 3.8) is 0 Å². The lowest BCUT2D eigenvalue weighted by Gasteiger charge is -2.19. The highest BCUT2D eigenvalue weighted by atomic mass is 16.6. The fourth-order valence-electron chi connectivity index (χ4n) is 1.01. The summed E-state index contributed by atoms with van der Waals surface area (Å²) in [4.78, 5) is 11.3. The van der Waals surface area contributed by atoms with Crippen molar-refractivity contribution >= 4 is 6.09 Å². The Morgan fingerprint density at radius 2 is 1.48 bits per heavy atom. The summed E-state index contributed by atoms with van der Waals surface area (Å²) in [7, 11) is 0. The molecule has 0 aromatic carbocycles. The van der Waals surface area contributed by atoms with Gasteiger partial charge in [-0.05, 0) is 90.7 Å². The molecule has 0 saturated carbocycles. The third-order valence-electron chi connectivity index (χ3n) is 1.80. The summed E-state index contributed by atoms with van der Waals surface area (Å²) in [5, 5.41) is 2.59. The molecule has 0 rings (SSSR count). The van der Waals surface area contributed by atoms with Crippen LogP contribution < -0.4 is 5.32 Å². The second kappa shape index (κ2) is 13.8. The van der Waals surface area contributed by atoms with E-state index in [2.05, 4.69) is 80.7 Å². The van der Waals surface area contributed by atoms with E-state index in [1.54, 1.807) is 39.0 Å². The van der Waals surface area contributed by atoms with Crippen molar-refractivity contribution in [2.45, 2.75) is 26.4 Å². The molecule has 122 valence electrons. The van der Waals surface area contributed by atoms with Crippen LogP contribution in [-0.4, -0.2) is 18.2 Å². The summed E-state index contributed by atoms with van der Waals surface area (Å²) >= 11 is 0. The Balaban J connectivity index is 4.71. The summed E-state index contributed by atoms with van der Waals surface area (Å²) in [5.74, 6) is 0. The Labute approximate surface area is 148 Å². The molecule has 0 aliphatic rings. The van der Waals surface area contributed by atoms with E-state index in [1.165, 1.54) is 0 Å². The molecule has 3 heteroatoms. The smallest absolute Gasteiger partial charge is 0.407 e. The Hall–Kier alpha value is -3.89. The highest BCUT2D eigenvalue weighted by molar-refractivity contribution is 5.67. The highest BCUT2D eigenvalue weighted by Crippen LogP contribution is 2.05. The van der Waals surface area contributed by atoms with Gasteiger partial charge in [0.15, 0.2) is 0 Å². The first-order chi connectivity index (χ1) is 12.0. The predicted octanol–water partition coefficient (Wildman–Crippen LogP) is 4.11. The van der Waals surface area contributed by atoms with E-state index >= 15 is 0 Å². The van der Waals surface area contributed by atoms with Crippen LogP contribution in [0.15, 0.2) is 93.6 Å². The minimum Gasteiger partial charge on any atom is -0.444 e. The van der Waals surface area contributed by atoms with Gasteiger partial charge in [-0.25, -0.2) is 4.79 Å². The molecule has 1 N–H and O–H groups in total. The first kappa shape index (κ1) is 21.1. The van der Waals surface area contributed by atoms with Crippen molar-refractivity contribution in [2.24, 2.45) is 0 Å². The SMILES string of the molecule is C=C=C=C=C=C=C=C=C=C=C=C=C=C/C=C\CNC(=O)OC(C)(C)C. The minimum absolute atomic E-state index is 0.353. The lowest BCUT2D eigenvalue weighted by molar-refractivity contribution is 0.0534.